The topological polar surface area (TPSA) is 67.8 Å². The van der Waals surface area contributed by atoms with E-state index >= 15 is 0 Å². The average molecular weight is 405 g/mol. The maximum Gasteiger partial charge on any atom is 0.307 e. The molecule has 0 radical (unpaired) electrons. The van der Waals surface area contributed by atoms with Crippen molar-refractivity contribution >= 4 is 5.97 Å². The number of aliphatic carboxylic acids is 1. The number of nitrogens with one attached hydrogen (secondary N) is 1. The molecule has 0 amide bonds. The van der Waals surface area contributed by atoms with Crippen molar-refractivity contribution in [2.24, 2.45) is 0 Å². The lowest BCUT2D eigenvalue weighted by Crippen LogP contribution is -2.18. The van der Waals surface area contributed by atoms with Crippen LogP contribution >= 0.6 is 0 Å². The molecule has 156 valence electrons. The first-order valence-electron chi connectivity index (χ1n) is 10.4. The second-order valence-electron chi connectivity index (χ2n) is 7.86. The van der Waals surface area contributed by atoms with Gasteiger partial charge in [0.15, 0.2) is 0 Å². The quantitative estimate of drug-likeness (QED) is 0.649. The zero-order chi connectivity index (χ0) is 20.9. The zero-order valence-electron chi connectivity index (χ0n) is 17.1. The van der Waals surface area contributed by atoms with Crippen molar-refractivity contribution in [1.29, 1.82) is 0 Å². The van der Waals surface area contributed by atoms with Crippen LogP contribution in [0.5, 0.6) is 11.5 Å². The molecule has 2 aromatic carbocycles. The lowest BCUT2D eigenvalue weighted by atomic mass is 9.99. The normalized spacial score (nSPS) is 18.5. The van der Waals surface area contributed by atoms with E-state index in [2.05, 4.69) is 36.5 Å². The smallest absolute Gasteiger partial charge is 0.307 e. The number of carboxylic acid groups (broad SMARTS) is 1. The van der Waals surface area contributed by atoms with Gasteiger partial charge in [0, 0.05) is 17.3 Å². The summed E-state index contributed by atoms with van der Waals surface area (Å²) in [7, 11) is 0. The van der Waals surface area contributed by atoms with Crippen LogP contribution in [0.4, 0.5) is 0 Å². The monoisotopic (exact) mass is 405 g/mol. The number of ether oxygens (including phenoxy) is 2. The van der Waals surface area contributed by atoms with Crippen LogP contribution in [-0.2, 0) is 4.79 Å². The summed E-state index contributed by atoms with van der Waals surface area (Å²) < 4.78 is 11.7. The van der Waals surface area contributed by atoms with Gasteiger partial charge in [-0.15, -0.1) is 0 Å². The van der Waals surface area contributed by atoms with Gasteiger partial charge in [0.05, 0.1) is 25.6 Å². The molecule has 2 N–H and O–H groups in total. The molecule has 1 aliphatic carbocycles. The Hall–Kier alpha value is -3.21. The van der Waals surface area contributed by atoms with Gasteiger partial charge in [0.25, 0.3) is 0 Å². The summed E-state index contributed by atoms with van der Waals surface area (Å²) in [4.78, 5) is 10.9. The highest BCUT2D eigenvalue weighted by Gasteiger charge is 2.24. The third-order valence-corrected chi connectivity index (χ3v) is 5.58. The fourth-order valence-electron chi connectivity index (χ4n) is 3.95. The Bertz CT molecular complexity index is 961. The molecule has 5 nitrogen and oxygen atoms in total. The van der Waals surface area contributed by atoms with Gasteiger partial charge in [-0.2, -0.15) is 0 Å². The van der Waals surface area contributed by atoms with Crippen LogP contribution in [-0.4, -0.2) is 24.3 Å². The highest BCUT2D eigenvalue weighted by molar-refractivity contribution is 5.70. The molecule has 0 saturated carbocycles. The molecule has 2 atom stereocenters. The van der Waals surface area contributed by atoms with Gasteiger partial charge in [-0.25, -0.2) is 0 Å². The third-order valence-electron chi connectivity index (χ3n) is 5.58. The Morgan fingerprint density at radius 3 is 2.83 bits per heavy atom. The van der Waals surface area contributed by atoms with E-state index in [0.717, 1.165) is 41.2 Å². The van der Waals surface area contributed by atoms with Crippen LogP contribution in [0.3, 0.4) is 0 Å². The molecular formula is C25H27NO4. The predicted octanol–water partition coefficient (Wildman–Crippen LogP) is 4.97. The molecule has 30 heavy (non-hydrogen) atoms. The Kier molecular flexibility index (Phi) is 6.07. The minimum Gasteiger partial charge on any atom is -0.493 e. The van der Waals surface area contributed by atoms with Crippen molar-refractivity contribution in [2.75, 3.05) is 13.2 Å². The van der Waals surface area contributed by atoms with Crippen LogP contribution in [0.2, 0.25) is 0 Å². The van der Waals surface area contributed by atoms with Gasteiger partial charge in [-0.3, -0.25) is 4.79 Å². The van der Waals surface area contributed by atoms with E-state index in [1.54, 1.807) is 0 Å². The molecule has 0 saturated heterocycles. The fourth-order valence-corrected chi connectivity index (χ4v) is 3.95. The third kappa shape index (κ3) is 4.85. The van der Waals surface area contributed by atoms with Gasteiger partial charge in [-0.05, 0) is 49.6 Å². The molecule has 0 fully saturated rings. The first kappa shape index (κ1) is 20.1. The lowest BCUT2D eigenvalue weighted by Gasteiger charge is -2.20. The van der Waals surface area contributed by atoms with Crippen LogP contribution in [0, 0.1) is 0 Å². The predicted molar refractivity (Wildman–Crippen MR) is 116 cm³/mol. The number of para-hydroxylation sites is 1. The molecule has 1 aliphatic heterocycles. The molecule has 2 aromatic rings. The first-order valence-corrected chi connectivity index (χ1v) is 10.4. The van der Waals surface area contributed by atoms with Gasteiger partial charge in [0.2, 0.25) is 0 Å². The Morgan fingerprint density at radius 1 is 1.23 bits per heavy atom. The van der Waals surface area contributed by atoms with Gasteiger partial charge < -0.3 is 19.9 Å². The highest BCUT2D eigenvalue weighted by Crippen LogP contribution is 2.34. The van der Waals surface area contributed by atoms with Gasteiger partial charge >= 0.3 is 5.97 Å². The number of carboxylic acids is 1. The Labute approximate surface area is 177 Å². The van der Waals surface area contributed by atoms with E-state index in [9.17, 15) is 4.79 Å². The second kappa shape index (κ2) is 9.08. The maximum atomic E-state index is 10.9. The van der Waals surface area contributed by atoms with E-state index in [4.69, 9.17) is 14.6 Å². The minimum atomic E-state index is -0.779. The maximum absolute atomic E-state index is 10.9. The standard InChI is InChI=1S/C25H27NO4/c1-17(26-21-6-4-5-18(13-21)14-25(27)28)19-9-11-22(12-10-19)29-15-20-16-30-24-8-3-2-7-23(20)24/h2-3,6-13,17,20,26H,4-5,14-16H2,1H3,(H,27,28)/t17?,20-/m0/s1. The second-order valence-corrected chi connectivity index (χ2v) is 7.86. The molecular weight excluding hydrogens is 378 g/mol. The van der Waals surface area contributed by atoms with Crippen molar-refractivity contribution in [1.82, 2.24) is 5.32 Å². The molecule has 1 unspecified atom stereocenters. The summed E-state index contributed by atoms with van der Waals surface area (Å²) in [6.45, 7) is 3.35. The number of carbonyl (C=O) groups is 1. The number of fused-ring (bicyclic) bond motifs is 1. The summed E-state index contributed by atoms with van der Waals surface area (Å²) in [6.07, 6.45) is 5.88. The molecule has 5 heteroatoms. The van der Waals surface area contributed by atoms with Crippen LogP contribution < -0.4 is 14.8 Å². The summed E-state index contributed by atoms with van der Waals surface area (Å²) in [5, 5.41) is 12.5. The van der Waals surface area contributed by atoms with E-state index < -0.39 is 5.97 Å². The molecule has 1 heterocycles. The largest absolute Gasteiger partial charge is 0.493 e. The van der Waals surface area contributed by atoms with Gasteiger partial charge in [-0.1, -0.05) is 42.0 Å². The van der Waals surface area contributed by atoms with Crippen LogP contribution in [0.15, 0.2) is 72.0 Å². The zero-order valence-corrected chi connectivity index (χ0v) is 17.1. The van der Waals surface area contributed by atoms with Crippen molar-refractivity contribution < 1.29 is 19.4 Å². The van der Waals surface area contributed by atoms with Crippen LogP contribution in [0.25, 0.3) is 0 Å². The van der Waals surface area contributed by atoms with E-state index in [1.165, 1.54) is 5.56 Å². The average Bonchev–Trinajstić information content (AvgIpc) is 3.15. The fraction of sp³-hybridized carbons (Fsp3) is 0.320. The first-order chi connectivity index (χ1) is 14.6. The van der Waals surface area contributed by atoms with Crippen molar-refractivity contribution in [2.45, 2.75) is 38.1 Å². The molecule has 0 bridgehead atoms. The minimum absolute atomic E-state index is 0.107. The summed E-state index contributed by atoms with van der Waals surface area (Å²) >= 11 is 0. The molecule has 4 rings (SSSR count). The number of benzene rings is 2. The molecule has 2 aliphatic rings. The number of rotatable bonds is 8. The van der Waals surface area contributed by atoms with E-state index in [1.807, 2.05) is 36.4 Å². The molecule has 0 aromatic heterocycles. The molecule has 0 spiro atoms. The SMILES string of the molecule is CC(NC1=CCCC(CC(=O)O)=C1)c1ccc(OC[C@H]2COc3ccccc32)cc1. The summed E-state index contributed by atoms with van der Waals surface area (Å²) in [6, 6.07) is 16.4. The Balaban J connectivity index is 1.32. The summed E-state index contributed by atoms with van der Waals surface area (Å²) in [5.74, 6) is 1.28. The number of hydrogen-bond acceptors (Lipinski definition) is 4. The van der Waals surface area contributed by atoms with Gasteiger partial charge in [0.1, 0.15) is 11.5 Å². The lowest BCUT2D eigenvalue weighted by molar-refractivity contribution is -0.136. The van der Waals surface area contributed by atoms with Crippen molar-refractivity contribution in [3.8, 4) is 11.5 Å². The Morgan fingerprint density at radius 2 is 2.03 bits per heavy atom. The van der Waals surface area contributed by atoms with E-state index in [0.29, 0.717) is 13.2 Å². The summed E-state index contributed by atoms with van der Waals surface area (Å²) in [5.41, 5.74) is 4.31. The number of allylic oxidation sites excluding steroid dienone is 2. The van der Waals surface area contributed by atoms with Crippen LogP contribution in [0.1, 0.15) is 49.3 Å². The number of hydrogen-bond donors (Lipinski definition) is 2. The van der Waals surface area contributed by atoms with E-state index in [-0.39, 0.29) is 18.4 Å². The van der Waals surface area contributed by atoms with Crippen molar-refractivity contribution in [3.63, 3.8) is 0 Å². The highest BCUT2D eigenvalue weighted by atomic mass is 16.5. The van der Waals surface area contributed by atoms with Crippen molar-refractivity contribution in [3.05, 3.63) is 83.1 Å².